The summed E-state index contributed by atoms with van der Waals surface area (Å²) in [6.45, 7) is 1.98. The first-order valence-electron chi connectivity index (χ1n) is 9.13. The summed E-state index contributed by atoms with van der Waals surface area (Å²) >= 11 is 0. The van der Waals surface area contributed by atoms with Gasteiger partial charge in [-0.05, 0) is 42.5 Å². The molecule has 2 aromatic rings. The normalized spacial score (nSPS) is 22.0. The fourth-order valence-electron chi connectivity index (χ4n) is 4.11. The van der Waals surface area contributed by atoms with Gasteiger partial charge in [0.15, 0.2) is 5.78 Å². The van der Waals surface area contributed by atoms with Crippen LogP contribution in [-0.4, -0.2) is 16.9 Å². The Morgan fingerprint density at radius 2 is 1.78 bits per heavy atom. The van der Waals surface area contributed by atoms with Gasteiger partial charge in [0.05, 0.1) is 5.56 Å². The van der Waals surface area contributed by atoms with E-state index >= 15 is 0 Å². The number of carboxylic acids is 1. The van der Waals surface area contributed by atoms with Crippen LogP contribution in [0.4, 0.5) is 0 Å². The van der Waals surface area contributed by atoms with Gasteiger partial charge in [0, 0.05) is 29.3 Å². The zero-order valence-electron chi connectivity index (χ0n) is 15.1. The van der Waals surface area contributed by atoms with E-state index < -0.39 is 5.97 Å². The van der Waals surface area contributed by atoms with Crippen LogP contribution in [0.1, 0.15) is 53.1 Å². The Labute approximate surface area is 158 Å². The molecule has 0 saturated heterocycles. The van der Waals surface area contributed by atoms with Crippen molar-refractivity contribution >= 4 is 11.8 Å². The summed E-state index contributed by atoms with van der Waals surface area (Å²) in [5.41, 5.74) is 4.98. The second kappa shape index (κ2) is 6.88. The quantitative estimate of drug-likeness (QED) is 0.854. The van der Waals surface area contributed by atoms with Crippen LogP contribution in [0.2, 0.25) is 0 Å². The number of benzene rings is 2. The number of carboxylic acid groups (broad SMARTS) is 1. The number of rotatable bonds is 3. The number of Topliss-reactive ketones (excluding diaryl/α,β-unsaturated/α-hetero) is 1. The Hall–Kier alpha value is -3.14. The average Bonchev–Trinajstić information content (AvgIpc) is 2.67. The van der Waals surface area contributed by atoms with Gasteiger partial charge in [-0.25, -0.2) is 4.79 Å². The third-order valence-electron chi connectivity index (χ3n) is 5.35. The van der Waals surface area contributed by atoms with E-state index in [1.807, 2.05) is 37.3 Å². The SMILES string of the molecule is CC1=CC(c2cccc(C(=O)O)c2)C2=C(CC(c3ccccc3)CC2=O)N1. The standard InChI is InChI=1S/C23H21NO3/c1-14-10-19(16-8-5-9-17(11-16)23(26)27)22-20(24-14)12-18(13-21(22)25)15-6-3-2-4-7-15/h2-11,18-19,24H,12-13H2,1H3,(H,26,27). The van der Waals surface area contributed by atoms with Crippen molar-refractivity contribution in [1.29, 1.82) is 0 Å². The topological polar surface area (TPSA) is 66.4 Å². The Kier molecular flexibility index (Phi) is 4.40. The monoisotopic (exact) mass is 359 g/mol. The number of ketones is 1. The van der Waals surface area contributed by atoms with Crippen molar-refractivity contribution < 1.29 is 14.7 Å². The van der Waals surface area contributed by atoms with E-state index in [0.29, 0.717) is 6.42 Å². The molecule has 136 valence electrons. The van der Waals surface area contributed by atoms with Crippen molar-refractivity contribution in [2.24, 2.45) is 0 Å². The van der Waals surface area contributed by atoms with E-state index in [-0.39, 0.29) is 23.2 Å². The van der Waals surface area contributed by atoms with Gasteiger partial charge in [0.1, 0.15) is 0 Å². The number of hydrogen-bond donors (Lipinski definition) is 2. The number of carbonyl (C=O) groups excluding carboxylic acids is 1. The van der Waals surface area contributed by atoms with Crippen LogP contribution in [0.3, 0.4) is 0 Å². The van der Waals surface area contributed by atoms with Crippen molar-refractivity contribution in [2.75, 3.05) is 0 Å². The van der Waals surface area contributed by atoms with E-state index in [4.69, 9.17) is 0 Å². The molecule has 4 rings (SSSR count). The lowest BCUT2D eigenvalue weighted by molar-refractivity contribution is -0.116. The van der Waals surface area contributed by atoms with Gasteiger partial charge in [0.2, 0.25) is 0 Å². The smallest absolute Gasteiger partial charge is 0.335 e. The van der Waals surface area contributed by atoms with Crippen molar-refractivity contribution in [3.8, 4) is 0 Å². The first kappa shape index (κ1) is 17.3. The van der Waals surface area contributed by atoms with Gasteiger partial charge >= 0.3 is 5.97 Å². The number of allylic oxidation sites excluding steroid dienone is 4. The first-order valence-corrected chi connectivity index (χ1v) is 9.13. The van der Waals surface area contributed by atoms with Crippen LogP contribution in [0.5, 0.6) is 0 Å². The minimum Gasteiger partial charge on any atom is -0.478 e. The number of hydrogen-bond acceptors (Lipinski definition) is 3. The fourth-order valence-corrected chi connectivity index (χ4v) is 4.11. The fraction of sp³-hybridized carbons (Fsp3) is 0.217. The molecule has 2 aromatic carbocycles. The van der Waals surface area contributed by atoms with E-state index in [1.165, 1.54) is 5.56 Å². The molecule has 0 radical (unpaired) electrons. The van der Waals surface area contributed by atoms with Gasteiger partial charge in [0.25, 0.3) is 0 Å². The molecule has 27 heavy (non-hydrogen) atoms. The highest BCUT2D eigenvalue weighted by atomic mass is 16.4. The van der Waals surface area contributed by atoms with Gasteiger partial charge < -0.3 is 10.4 Å². The second-order valence-corrected chi connectivity index (χ2v) is 7.21. The van der Waals surface area contributed by atoms with Gasteiger partial charge in [-0.2, -0.15) is 0 Å². The molecule has 2 aliphatic rings. The van der Waals surface area contributed by atoms with Gasteiger partial charge in [-0.15, -0.1) is 0 Å². The lowest BCUT2D eigenvalue weighted by atomic mass is 9.74. The van der Waals surface area contributed by atoms with E-state index in [1.54, 1.807) is 18.2 Å². The largest absolute Gasteiger partial charge is 0.478 e. The second-order valence-electron chi connectivity index (χ2n) is 7.21. The Morgan fingerprint density at radius 3 is 2.52 bits per heavy atom. The highest BCUT2D eigenvalue weighted by molar-refractivity contribution is 6.00. The number of nitrogens with one attached hydrogen (secondary N) is 1. The molecule has 0 bridgehead atoms. The first-order chi connectivity index (χ1) is 13.0. The van der Waals surface area contributed by atoms with Crippen LogP contribution < -0.4 is 5.32 Å². The summed E-state index contributed by atoms with van der Waals surface area (Å²) < 4.78 is 0. The lowest BCUT2D eigenvalue weighted by Crippen LogP contribution is -2.31. The Balaban J connectivity index is 1.73. The van der Waals surface area contributed by atoms with E-state index in [0.717, 1.165) is 29.0 Å². The minimum atomic E-state index is -0.959. The molecular formula is C23H21NO3. The van der Waals surface area contributed by atoms with Crippen molar-refractivity contribution in [3.63, 3.8) is 0 Å². The minimum absolute atomic E-state index is 0.132. The molecule has 4 nitrogen and oxygen atoms in total. The number of carbonyl (C=O) groups is 2. The summed E-state index contributed by atoms with van der Waals surface area (Å²) in [5.74, 6) is -0.862. The molecule has 0 aromatic heterocycles. The average molecular weight is 359 g/mol. The predicted octanol–water partition coefficient (Wildman–Crippen LogP) is 4.38. The molecule has 0 spiro atoms. The summed E-state index contributed by atoms with van der Waals surface area (Å²) in [5, 5.41) is 12.7. The highest BCUT2D eigenvalue weighted by Gasteiger charge is 2.35. The maximum Gasteiger partial charge on any atom is 0.335 e. The number of dihydropyridines is 1. The van der Waals surface area contributed by atoms with Crippen LogP contribution in [0.15, 0.2) is 77.6 Å². The molecule has 1 aliphatic carbocycles. The van der Waals surface area contributed by atoms with Crippen molar-refractivity contribution in [1.82, 2.24) is 5.32 Å². The predicted molar refractivity (Wildman–Crippen MR) is 103 cm³/mol. The van der Waals surface area contributed by atoms with Crippen molar-refractivity contribution in [2.45, 2.75) is 31.6 Å². The third kappa shape index (κ3) is 3.31. The van der Waals surface area contributed by atoms with Crippen LogP contribution in [-0.2, 0) is 4.79 Å². The highest BCUT2D eigenvalue weighted by Crippen LogP contribution is 2.42. The zero-order valence-corrected chi connectivity index (χ0v) is 15.1. The van der Waals surface area contributed by atoms with Gasteiger partial charge in [-0.1, -0.05) is 48.5 Å². The van der Waals surface area contributed by atoms with Crippen LogP contribution in [0.25, 0.3) is 0 Å². The summed E-state index contributed by atoms with van der Waals surface area (Å²) in [6.07, 6.45) is 3.28. The molecule has 2 atom stereocenters. The summed E-state index contributed by atoms with van der Waals surface area (Å²) in [6, 6.07) is 17.0. The maximum absolute atomic E-state index is 13.1. The molecule has 4 heteroatoms. The molecule has 1 heterocycles. The van der Waals surface area contributed by atoms with Crippen LogP contribution >= 0.6 is 0 Å². The molecule has 1 aliphatic heterocycles. The molecule has 2 N–H and O–H groups in total. The summed E-state index contributed by atoms with van der Waals surface area (Å²) in [7, 11) is 0. The third-order valence-corrected chi connectivity index (χ3v) is 5.35. The lowest BCUT2D eigenvalue weighted by Gasteiger charge is -2.34. The molecule has 0 amide bonds. The van der Waals surface area contributed by atoms with E-state index in [9.17, 15) is 14.7 Å². The maximum atomic E-state index is 13.1. The summed E-state index contributed by atoms with van der Waals surface area (Å²) in [4.78, 5) is 24.4. The molecular weight excluding hydrogens is 338 g/mol. The zero-order chi connectivity index (χ0) is 19.0. The molecule has 2 unspecified atom stereocenters. The number of aromatic carboxylic acids is 1. The van der Waals surface area contributed by atoms with Gasteiger partial charge in [-0.3, -0.25) is 4.79 Å². The Bertz CT molecular complexity index is 972. The molecule has 0 saturated carbocycles. The molecule has 0 fully saturated rings. The van der Waals surface area contributed by atoms with Crippen molar-refractivity contribution in [3.05, 3.63) is 94.3 Å². The van der Waals surface area contributed by atoms with Crippen LogP contribution in [0, 0.1) is 0 Å². The van der Waals surface area contributed by atoms with E-state index in [2.05, 4.69) is 17.4 Å². The Morgan fingerprint density at radius 1 is 1.04 bits per heavy atom.